The first kappa shape index (κ1) is 38.6. The Balaban J connectivity index is 0.00000452. The minimum Gasteiger partial charge on any atom is -0.481 e. The van der Waals surface area contributed by atoms with E-state index in [9.17, 15) is 9.59 Å². The lowest BCUT2D eigenvalue weighted by atomic mass is 9.69. The molecule has 2 aliphatic rings. The Morgan fingerprint density at radius 3 is 2.21 bits per heavy atom. The van der Waals surface area contributed by atoms with Crippen molar-refractivity contribution in [3.8, 4) is 0 Å². The molecule has 1 N–H and O–H groups in total. The van der Waals surface area contributed by atoms with E-state index in [0.717, 1.165) is 76.6 Å². The molecule has 7 heteroatoms. The molecule has 43 heavy (non-hydrogen) atoms. The fraction of sp³-hybridized carbons (Fsp3) is 0.750. The molecule has 1 aliphatic heterocycles. The van der Waals surface area contributed by atoms with Crippen molar-refractivity contribution < 1.29 is 14.7 Å². The second-order valence-electron chi connectivity index (χ2n) is 13.9. The number of unbranched alkanes of at least 4 members (excludes halogenated alkanes) is 1. The van der Waals surface area contributed by atoms with Gasteiger partial charge in [-0.15, -0.1) is 0 Å². The van der Waals surface area contributed by atoms with Crippen LogP contribution in [0.25, 0.3) is 0 Å². The van der Waals surface area contributed by atoms with Gasteiger partial charge in [-0.05, 0) is 86.9 Å². The summed E-state index contributed by atoms with van der Waals surface area (Å²) < 4.78 is 0. The summed E-state index contributed by atoms with van der Waals surface area (Å²) in [6, 6.07) is -0.216. The molecule has 7 nitrogen and oxygen atoms in total. The van der Waals surface area contributed by atoms with E-state index >= 15 is 0 Å². The molecule has 1 atom stereocenters. The van der Waals surface area contributed by atoms with Crippen LogP contribution < -0.4 is 0 Å². The molecule has 1 unspecified atom stereocenters. The van der Waals surface area contributed by atoms with E-state index in [-0.39, 0.29) is 23.8 Å². The number of allylic oxidation sites excluding steroid dienone is 1. The zero-order valence-electron chi connectivity index (χ0n) is 29.3. The summed E-state index contributed by atoms with van der Waals surface area (Å²) in [5.41, 5.74) is 0.960. The molecule has 0 radical (unpaired) electrons. The Labute approximate surface area is 264 Å². The van der Waals surface area contributed by atoms with Gasteiger partial charge in [0, 0.05) is 20.1 Å². The van der Waals surface area contributed by atoms with Crippen molar-refractivity contribution in [1.29, 1.82) is 0 Å². The molecule has 1 aliphatic carbocycles. The first-order chi connectivity index (χ1) is 20.1. The second kappa shape index (κ2) is 17.8. The number of hydrogen-bond acceptors (Lipinski definition) is 5. The van der Waals surface area contributed by atoms with Crippen LogP contribution in [0.15, 0.2) is 41.4 Å². The Morgan fingerprint density at radius 1 is 1.09 bits per heavy atom. The molecular weight excluding hydrogens is 536 g/mol. The molecule has 0 bridgehead atoms. The number of rotatable bonds is 15. The number of carbonyl (C=O) groups excluding carboxylic acids is 1. The number of aliphatic imine (C=N–C) groups is 1. The predicted octanol–water partition coefficient (Wildman–Crippen LogP) is 7.80. The van der Waals surface area contributed by atoms with Crippen LogP contribution in [0, 0.1) is 17.3 Å². The Bertz CT molecular complexity index is 983. The molecule has 0 aromatic rings. The fourth-order valence-corrected chi connectivity index (χ4v) is 6.10. The van der Waals surface area contributed by atoms with E-state index in [2.05, 4.69) is 76.4 Å². The molecule has 1 spiro atoms. The number of likely N-dealkylation sites (N-methyl/N-ethyl adjacent to an activating group) is 2. The molecule has 1 amide bonds. The average Bonchev–Trinajstić information content (AvgIpc) is 3.21. The molecule has 1 saturated carbocycles. The molecule has 1 fully saturated rings. The number of carboxylic acid groups (broad SMARTS) is 1. The highest BCUT2D eigenvalue weighted by molar-refractivity contribution is 6.39. The quantitative estimate of drug-likeness (QED) is 0.194. The van der Waals surface area contributed by atoms with Gasteiger partial charge >= 0.3 is 5.97 Å². The van der Waals surface area contributed by atoms with Crippen molar-refractivity contribution in [2.24, 2.45) is 22.2 Å². The minimum atomic E-state index is -0.910. The van der Waals surface area contributed by atoms with Gasteiger partial charge in [-0.3, -0.25) is 9.59 Å². The van der Waals surface area contributed by atoms with Gasteiger partial charge in [0.1, 0.15) is 5.66 Å². The van der Waals surface area contributed by atoms with Gasteiger partial charge in [0.2, 0.25) is 0 Å². The highest BCUT2D eigenvalue weighted by Crippen LogP contribution is 2.48. The maximum Gasteiger partial charge on any atom is 0.307 e. The van der Waals surface area contributed by atoms with Gasteiger partial charge in [0.25, 0.3) is 5.91 Å². The van der Waals surface area contributed by atoms with Crippen LogP contribution in [-0.4, -0.2) is 83.0 Å². The second-order valence-corrected chi connectivity index (χ2v) is 13.9. The van der Waals surface area contributed by atoms with Crippen molar-refractivity contribution in [3.63, 3.8) is 0 Å². The number of carbonyl (C=O) groups is 2. The number of amides is 1. The molecule has 246 valence electrons. The number of nitrogens with zero attached hydrogens (tertiary/aromatic N) is 4. The third kappa shape index (κ3) is 11.6. The highest BCUT2D eigenvalue weighted by Gasteiger charge is 2.53. The first-order valence-corrected chi connectivity index (χ1v) is 16.7. The minimum absolute atomic E-state index is 0.00871. The third-order valence-electron chi connectivity index (χ3n) is 8.92. The van der Waals surface area contributed by atoms with Gasteiger partial charge in [-0.2, -0.15) is 0 Å². The summed E-state index contributed by atoms with van der Waals surface area (Å²) in [7, 11) is 4.13. The van der Waals surface area contributed by atoms with Crippen molar-refractivity contribution in [1.82, 2.24) is 14.7 Å². The van der Waals surface area contributed by atoms with Crippen LogP contribution >= 0.6 is 0 Å². The lowest BCUT2D eigenvalue weighted by Gasteiger charge is -2.47. The third-order valence-corrected chi connectivity index (χ3v) is 8.92. The Kier molecular flexibility index (Phi) is 16.0. The maximum absolute atomic E-state index is 14.4. The molecule has 2 rings (SSSR count). The SMILES string of the molecule is C=C(/C=C\C(=C)C(CCC(C)C)N1C(=O)C(N(C)CCN(C)CCCC)=NC12CCC(C(C)(C)C)CC2)CC(=O)O.CC. The van der Waals surface area contributed by atoms with Gasteiger partial charge in [0.05, 0.1) is 12.5 Å². The zero-order valence-corrected chi connectivity index (χ0v) is 29.3. The van der Waals surface area contributed by atoms with Gasteiger partial charge < -0.3 is 19.8 Å². The summed E-state index contributed by atoms with van der Waals surface area (Å²) in [6.07, 6.45) is 11.3. The zero-order chi connectivity index (χ0) is 33.0. The number of carboxylic acids is 1. The Morgan fingerprint density at radius 2 is 1.70 bits per heavy atom. The monoisotopic (exact) mass is 600 g/mol. The predicted molar refractivity (Wildman–Crippen MR) is 182 cm³/mol. The van der Waals surface area contributed by atoms with Crippen molar-refractivity contribution in [2.45, 2.75) is 125 Å². The van der Waals surface area contributed by atoms with Crippen LogP contribution in [0.2, 0.25) is 0 Å². The molecule has 0 saturated heterocycles. The van der Waals surface area contributed by atoms with Crippen LogP contribution in [0.3, 0.4) is 0 Å². The van der Waals surface area contributed by atoms with E-state index in [4.69, 9.17) is 10.1 Å². The molecule has 0 aromatic carbocycles. The van der Waals surface area contributed by atoms with Crippen molar-refractivity contribution in [3.05, 3.63) is 36.5 Å². The van der Waals surface area contributed by atoms with E-state index in [1.807, 2.05) is 27.0 Å². The highest BCUT2D eigenvalue weighted by atomic mass is 16.4. The summed E-state index contributed by atoms with van der Waals surface area (Å²) in [5.74, 6) is 0.705. The van der Waals surface area contributed by atoms with E-state index in [1.54, 1.807) is 6.08 Å². The standard InChI is InChI=1S/C34H58N4O3.C2H6/c1-11-12-21-36(9)22-23-37(10)31-32(41)38(34(35-31)19-17-28(18-20-34)33(6,7)8)29(16-13-25(2)3)27(5)15-14-26(4)24-30(39)40;1-2/h14-15,25,28-29H,4-5,11-13,16-24H2,1-3,6-10H3,(H,39,40);1-2H3/b15-14-;. The van der Waals surface area contributed by atoms with Crippen molar-refractivity contribution in [2.75, 3.05) is 33.7 Å². The summed E-state index contributed by atoms with van der Waals surface area (Å²) in [4.78, 5) is 37.3. The smallest absolute Gasteiger partial charge is 0.307 e. The summed E-state index contributed by atoms with van der Waals surface area (Å²) >= 11 is 0. The van der Waals surface area contributed by atoms with Crippen LogP contribution in [0.1, 0.15) is 113 Å². The van der Waals surface area contributed by atoms with E-state index in [1.165, 1.54) is 0 Å². The summed E-state index contributed by atoms with van der Waals surface area (Å²) in [6.45, 7) is 28.5. The normalized spacial score (nSPS) is 21.3. The van der Waals surface area contributed by atoms with Crippen LogP contribution in [0.4, 0.5) is 0 Å². The van der Waals surface area contributed by atoms with E-state index < -0.39 is 11.6 Å². The van der Waals surface area contributed by atoms with Gasteiger partial charge in [-0.1, -0.05) is 87.1 Å². The average molecular weight is 601 g/mol. The number of aliphatic carboxylic acids is 1. The number of hydrogen-bond donors (Lipinski definition) is 1. The maximum atomic E-state index is 14.4. The molecular formula is C36H64N4O3. The van der Waals surface area contributed by atoms with Crippen LogP contribution in [0.5, 0.6) is 0 Å². The Hall–Kier alpha value is -2.41. The van der Waals surface area contributed by atoms with Crippen LogP contribution in [-0.2, 0) is 9.59 Å². The summed E-state index contributed by atoms with van der Waals surface area (Å²) in [5, 5.41) is 9.16. The van der Waals surface area contributed by atoms with Gasteiger partial charge in [0.15, 0.2) is 5.84 Å². The largest absolute Gasteiger partial charge is 0.481 e. The molecule has 1 heterocycles. The van der Waals surface area contributed by atoms with Gasteiger partial charge in [-0.25, -0.2) is 4.99 Å². The van der Waals surface area contributed by atoms with E-state index in [0.29, 0.717) is 23.2 Å². The number of amidine groups is 1. The fourth-order valence-electron chi connectivity index (χ4n) is 6.10. The van der Waals surface area contributed by atoms with Crippen molar-refractivity contribution >= 4 is 17.7 Å². The molecule has 0 aromatic heterocycles. The first-order valence-electron chi connectivity index (χ1n) is 16.7. The lowest BCUT2D eigenvalue weighted by Crippen LogP contribution is -2.55. The topological polar surface area (TPSA) is 76.5 Å². The lowest BCUT2D eigenvalue weighted by molar-refractivity contribution is -0.136.